The highest BCUT2D eigenvalue weighted by Gasteiger charge is 2.35. The second-order valence-corrected chi connectivity index (χ2v) is 4.91. The third kappa shape index (κ3) is 3.00. The molecular weight excluding hydrogens is 244 g/mol. The molecule has 1 aliphatic rings. The molecule has 0 aromatic heterocycles. The summed E-state index contributed by atoms with van der Waals surface area (Å²) in [4.78, 5) is 23.9. The molecule has 102 valence electrons. The third-order valence-corrected chi connectivity index (χ3v) is 3.39. The van der Waals surface area contributed by atoms with Gasteiger partial charge in [-0.3, -0.25) is 14.9 Å². The van der Waals surface area contributed by atoms with Crippen molar-refractivity contribution in [2.75, 3.05) is 6.54 Å². The van der Waals surface area contributed by atoms with Crippen molar-refractivity contribution in [3.05, 3.63) is 35.9 Å². The number of carbonyl (C=O) groups is 2. The van der Waals surface area contributed by atoms with Gasteiger partial charge in [-0.15, -0.1) is 0 Å². The van der Waals surface area contributed by atoms with Crippen LogP contribution in [0.3, 0.4) is 0 Å². The highest BCUT2D eigenvalue weighted by Crippen LogP contribution is 2.20. The van der Waals surface area contributed by atoms with Gasteiger partial charge in [0.25, 0.3) is 5.91 Å². The van der Waals surface area contributed by atoms with E-state index in [1.807, 2.05) is 0 Å². The molecule has 5 nitrogen and oxygen atoms in total. The van der Waals surface area contributed by atoms with E-state index in [0.717, 1.165) is 13.0 Å². The Morgan fingerprint density at radius 1 is 1.37 bits per heavy atom. The summed E-state index contributed by atoms with van der Waals surface area (Å²) in [6.45, 7) is 2.16. The molecule has 1 heterocycles. The molecule has 0 radical (unpaired) electrons. The van der Waals surface area contributed by atoms with E-state index < -0.39 is 11.5 Å². The quantitative estimate of drug-likeness (QED) is 0.731. The fourth-order valence-corrected chi connectivity index (χ4v) is 2.12. The summed E-state index contributed by atoms with van der Waals surface area (Å²) >= 11 is 0. The van der Waals surface area contributed by atoms with E-state index >= 15 is 0 Å². The van der Waals surface area contributed by atoms with Gasteiger partial charge in [0, 0.05) is 0 Å². The number of aliphatic hydroxyl groups is 1. The van der Waals surface area contributed by atoms with Crippen LogP contribution in [0, 0.1) is 0 Å². The van der Waals surface area contributed by atoms with E-state index in [2.05, 4.69) is 10.6 Å². The minimum atomic E-state index is -1.71. The maximum absolute atomic E-state index is 12.0. The largest absolute Gasteiger partial charge is 0.376 e. The molecule has 2 rings (SSSR count). The van der Waals surface area contributed by atoms with E-state index in [9.17, 15) is 14.7 Å². The Kier molecular flexibility index (Phi) is 3.97. The molecule has 1 saturated heterocycles. The molecule has 3 N–H and O–H groups in total. The number of amides is 2. The van der Waals surface area contributed by atoms with Crippen LogP contribution in [-0.4, -0.2) is 29.5 Å². The van der Waals surface area contributed by atoms with Crippen molar-refractivity contribution >= 4 is 11.8 Å². The van der Waals surface area contributed by atoms with Crippen LogP contribution in [-0.2, 0) is 15.2 Å². The van der Waals surface area contributed by atoms with Crippen LogP contribution >= 0.6 is 0 Å². The summed E-state index contributed by atoms with van der Waals surface area (Å²) < 4.78 is 0. The van der Waals surface area contributed by atoms with Crippen LogP contribution < -0.4 is 10.6 Å². The van der Waals surface area contributed by atoms with Crippen molar-refractivity contribution in [2.24, 2.45) is 0 Å². The zero-order chi connectivity index (χ0) is 13.9. The molecule has 1 unspecified atom stereocenters. The second-order valence-electron chi connectivity index (χ2n) is 4.91. The lowest BCUT2D eigenvalue weighted by Crippen LogP contribution is -2.50. The van der Waals surface area contributed by atoms with Gasteiger partial charge in [0.15, 0.2) is 5.60 Å². The topological polar surface area (TPSA) is 78.4 Å². The number of imide groups is 1. The Labute approximate surface area is 112 Å². The van der Waals surface area contributed by atoms with E-state index in [1.165, 1.54) is 6.92 Å². The van der Waals surface area contributed by atoms with Gasteiger partial charge in [-0.25, -0.2) is 0 Å². The number of benzene rings is 1. The van der Waals surface area contributed by atoms with Crippen LogP contribution in [0.4, 0.5) is 0 Å². The maximum atomic E-state index is 12.0. The standard InChI is InChI=1S/C14H18N2O3/c1-14(19,10-6-3-2-4-7-10)13(18)16-12(17)11-8-5-9-15-11/h2-4,6-7,11,15,19H,5,8-9H2,1H3,(H,16,17,18)/t11?,14-/m1/s1. The molecule has 1 fully saturated rings. The summed E-state index contributed by atoms with van der Waals surface area (Å²) in [5.74, 6) is -1.07. The molecule has 1 aliphatic heterocycles. The van der Waals surface area contributed by atoms with Crippen LogP contribution in [0.5, 0.6) is 0 Å². The first-order valence-electron chi connectivity index (χ1n) is 6.38. The number of nitrogens with one attached hydrogen (secondary N) is 2. The smallest absolute Gasteiger partial charge is 0.262 e. The fraction of sp³-hybridized carbons (Fsp3) is 0.429. The molecule has 0 bridgehead atoms. The predicted molar refractivity (Wildman–Crippen MR) is 70.2 cm³/mol. The van der Waals surface area contributed by atoms with Crippen molar-refractivity contribution in [1.29, 1.82) is 0 Å². The zero-order valence-electron chi connectivity index (χ0n) is 10.8. The Bertz CT molecular complexity index is 465. The van der Waals surface area contributed by atoms with E-state index in [0.29, 0.717) is 12.0 Å². The fourth-order valence-electron chi connectivity index (χ4n) is 2.12. The van der Waals surface area contributed by atoms with Crippen LogP contribution in [0.15, 0.2) is 30.3 Å². The summed E-state index contributed by atoms with van der Waals surface area (Å²) in [6.07, 6.45) is 1.63. The molecule has 1 aromatic carbocycles. The monoisotopic (exact) mass is 262 g/mol. The molecule has 2 atom stereocenters. The molecule has 0 aliphatic carbocycles. The molecule has 2 amide bonds. The third-order valence-electron chi connectivity index (χ3n) is 3.39. The first-order chi connectivity index (χ1) is 9.01. The molecule has 0 spiro atoms. The Hall–Kier alpha value is -1.72. The molecule has 19 heavy (non-hydrogen) atoms. The average molecular weight is 262 g/mol. The van der Waals surface area contributed by atoms with E-state index in [1.54, 1.807) is 30.3 Å². The van der Waals surface area contributed by atoms with Crippen LogP contribution in [0.2, 0.25) is 0 Å². The van der Waals surface area contributed by atoms with Gasteiger partial charge in [0.1, 0.15) is 0 Å². The summed E-state index contributed by atoms with van der Waals surface area (Å²) in [7, 11) is 0. The molecule has 0 saturated carbocycles. The van der Waals surface area contributed by atoms with Gasteiger partial charge >= 0.3 is 0 Å². The van der Waals surface area contributed by atoms with Crippen LogP contribution in [0.1, 0.15) is 25.3 Å². The summed E-state index contributed by atoms with van der Waals surface area (Å²) in [5.41, 5.74) is -1.25. The molecule has 5 heteroatoms. The number of carbonyl (C=O) groups excluding carboxylic acids is 2. The van der Waals surface area contributed by atoms with Crippen LogP contribution in [0.25, 0.3) is 0 Å². The lowest BCUT2D eigenvalue weighted by molar-refractivity contribution is -0.143. The van der Waals surface area contributed by atoms with Crippen molar-refractivity contribution in [1.82, 2.24) is 10.6 Å². The second kappa shape index (κ2) is 5.50. The summed E-state index contributed by atoms with van der Waals surface area (Å²) in [6, 6.07) is 8.23. The average Bonchev–Trinajstić information content (AvgIpc) is 2.93. The Morgan fingerprint density at radius 3 is 2.63 bits per heavy atom. The van der Waals surface area contributed by atoms with Crippen molar-refractivity contribution < 1.29 is 14.7 Å². The van der Waals surface area contributed by atoms with Gasteiger partial charge in [-0.2, -0.15) is 0 Å². The maximum Gasteiger partial charge on any atom is 0.262 e. The van der Waals surface area contributed by atoms with Gasteiger partial charge < -0.3 is 10.4 Å². The zero-order valence-corrected chi connectivity index (χ0v) is 10.8. The summed E-state index contributed by atoms with van der Waals surface area (Å²) in [5, 5.41) is 15.5. The van der Waals surface area contributed by atoms with Gasteiger partial charge in [-0.05, 0) is 31.9 Å². The first-order valence-corrected chi connectivity index (χ1v) is 6.38. The molecule has 1 aromatic rings. The highest BCUT2D eigenvalue weighted by atomic mass is 16.3. The molecular formula is C14H18N2O3. The normalized spacial score (nSPS) is 21.7. The van der Waals surface area contributed by atoms with Crippen molar-refractivity contribution in [3.63, 3.8) is 0 Å². The highest BCUT2D eigenvalue weighted by molar-refractivity contribution is 6.01. The van der Waals surface area contributed by atoms with E-state index in [4.69, 9.17) is 0 Å². The van der Waals surface area contributed by atoms with Gasteiger partial charge in [0.2, 0.25) is 5.91 Å². The number of rotatable bonds is 3. The van der Waals surface area contributed by atoms with Gasteiger partial charge in [-0.1, -0.05) is 30.3 Å². The minimum Gasteiger partial charge on any atom is -0.376 e. The Morgan fingerprint density at radius 2 is 2.05 bits per heavy atom. The Balaban J connectivity index is 2.04. The van der Waals surface area contributed by atoms with Crippen molar-refractivity contribution in [2.45, 2.75) is 31.4 Å². The lowest BCUT2D eigenvalue weighted by atomic mass is 9.95. The van der Waals surface area contributed by atoms with Gasteiger partial charge in [0.05, 0.1) is 6.04 Å². The van der Waals surface area contributed by atoms with E-state index in [-0.39, 0.29) is 11.9 Å². The number of hydrogen-bond donors (Lipinski definition) is 3. The van der Waals surface area contributed by atoms with Crippen molar-refractivity contribution in [3.8, 4) is 0 Å². The SMILES string of the molecule is C[C@](O)(C(=O)NC(=O)C1CCCN1)c1ccccc1. The first kappa shape index (κ1) is 13.7. The minimum absolute atomic E-state index is 0.337. The lowest BCUT2D eigenvalue weighted by Gasteiger charge is -2.23. The predicted octanol–water partition coefficient (Wildman–Crippen LogP) is 0.289. The number of hydrogen-bond acceptors (Lipinski definition) is 4.